The van der Waals surface area contributed by atoms with Crippen LogP contribution in [0.5, 0.6) is 0 Å². The van der Waals surface area contributed by atoms with Crippen LogP contribution in [0.4, 0.5) is 0 Å². The van der Waals surface area contributed by atoms with Crippen LogP contribution in [0, 0.1) is 19.8 Å². The van der Waals surface area contributed by atoms with Gasteiger partial charge in [0.15, 0.2) is 11.4 Å². The molecule has 0 bridgehead atoms. The molecule has 0 saturated carbocycles. The van der Waals surface area contributed by atoms with Crippen molar-refractivity contribution < 1.29 is 18.6 Å². The summed E-state index contributed by atoms with van der Waals surface area (Å²) in [6.45, 7) is 9.66. The lowest BCUT2D eigenvalue weighted by Gasteiger charge is -2.32. The fourth-order valence-electron chi connectivity index (χ4n) is 2.72. The zero-order valence-electron chi connectivity index (χ0n) is 15.2. The summed E-state index contributed by atoms with van der Waals surface area (Å²) in [7, 11) is 0. The Kier molecular flexibility index (Phi) is 5.61. The second kappa shape index (κ2) is 7.50. The highest BCUT2D eigenvalue weighted by Gasteiger charge is 2.30. The van der Waals surface area contributed by atoms with Gasteiger partial charge in [-0.1, -0.05) is 24.2 Å². The normalized spacial score (nSPS) is 13.5. The first kappa shape index (κ1) is 18.7. The average molecular weight is 348 g/mol. The molecule has 8 heteroatoms. The summed E-state index contributed by atoms with van der Waals surface area (Å²) in [5.41, 5.74) is -0.221. The molecule has 0 aromatic carbocycles. The van der Waals surface area contributed by atoms with Gasteiger partial charge < -0.3 is 19.7 Å². The molecule has 136 valence electrons. The predicted molar refractivity (Wildman–Crippen MR) is 90.1 cm³/mol. The smallest absolute Gasteiger partial charge is 0.273 e. The van der Waals surface area contributed by atoms with Gasteiger partial charge in [-0.25, -0.2) is 0 Å². The Labute approximate surface area is 146 Å². The van der Waals surface area contributed by atoms with Gasteiger partial charge >= 0.3 is 0 Å². The minimum atomic E-state index is -0.646. The highest BCUT2D eigenvalue weighted by molar-refractivity contribution is 5.93. The molecule has 0 radical (unpaired) electrons. The Morgan fingerprint density at radius 2 is 1.60 bits per heavy atom. The lowest BCUT2D eigenvalue weighted by Crippen LogP contribution is -2.54. The van der Waals surface area contributed by atoms with Crippen LogP contribution in [0.25, 0.3) is 0 Å². The molecule has 2 aromatic rings. The van der Waals surface area contributed by atoms with Crippen molar-refractivity contribution in [2.75, 3.05) is 6.54 Å². The molecule has 0 aliphatic carbocycles. The van der Waals surface area contributed by atoms with Gasteiger partial charge in [-0.3, -0.25) is 9.59 Å². The fourth-order valence-corrected chi connectivity index (χ4v) is 2.72. The molecule has 1 atom stereocenters. The number of hydrogen-bond donors (Lipinski definition) is 2. The molecule has 0 fully saturated rings. The summed E-state index contributed by atoms with van der Waals surface area (Å²) in [6, 6.07) is 3.13. The molecule has 0 aliphatic heterocycles. The van der Waals surface area contributed by atoms with Gasteiger partial charge in [0.05, 0.1) is 5.54 Å². The Morgan fingerprint density at radius 3 is 2.04 bits per heavy atom. The van der Waals surface area contributed by atoms with E-state index in [9.17, 15) is 9.59 Å². The summed E-state index contributed by atoms with van der Waals surface area (Å²) in [5.74, 6) is 0.746. The number of carbonyl (C=O) groups excluding carboxylic acids is 2. The average Bonchev–Trinajstić information content (AvgIpc) is 3.12. The van der Waals surface area contributed by atoms with E-state index >= 15 is 0 Å². The first-order chi connectivity index (χ1) is 11.7. The van der Waals surface area contributed by atoms with Crippen molar-refractivity contribution in [3.63, 3.8) is 0 Å². The van der Waals surface area contributed by atoms with Gasteiger partial charge in [-0.2, -0.15) is 0 Å². The highest BCUT2D eigenvalue weighted by Crippen LogP contribution is 2.17. The van der Waals surface area contributed by atoms with Crippen molar-refractivity contribution in [2.45, 2.75) is 46.6 Å². The van der Waals surface area contributed by atoms with Gasteiger partial charge in [0.1, 0.15) is 11.5 Å². The number of rotatable bonds is 7. The molecule has 0 aliphatic rings. The SMILES string of the molecule is Cc1cc(C(=O)NC[C@](C)(CC(C)C)NC(=O)c2cc(C)on2)no1. The molecule has 0 spiro atoms. The third-order valence-electron chi connectivity index (χ3n) is 3.63. The van der Waals surface area contributed by atoms with Gasteiger partial charge in [0.2, 0.25) is 0 Å². The van der Waals surface area contributed by atoms with E-state index in [-0.39, 0.29) is 29.7 Å². The first-order valence-corrected chi connectivity index (χ1v) is 8.16. The van der Waals surface area contributed by atoms with Gasteiger partial charge in [0, 0.05) is 18.7 Å². The van der Waals surface area contributed by atoms with Crippen LogP contribution >= 0.6 is 0 Å². The standard InChI is InChI=1S/C17H24N4O4/c1-10(2)8-17(5,19-16(23)14-7-12(4)25-21-14)9-18-15(22)13-6-11(3)24-20-13/h6-7,10H,8-9H2,1-5H3,(H,18,22)(H,19,23)/t17-/m0/s1. The summed E-state index contributed by atoms with van der Waals surface area (Å²) >= 11 is 0. The molecule has 0 unspecified atom stereocenters. The van der Waals surface area contributed by atoms with Gasteiger partial charge in [0.25, 0.3) is 11.8 Å². The van der Waals surface area contributed by atoms with Gasteiger partial charge in [-0.15, -0.1) is 0 Å². The second-order valence-electron chi connectivity index (χ2n) is 6.94. The maximum absolute atomic E-state index is 12.4. The monoisotopic (exact) mass is 348 g/mol. The number of aryl methyl sites for hydroxylation is 2. The molecular weight excluding hydrogens is 324 g/mol. The number of hydrogen-bond acceptors (Lipinski definition) is 6. The van der Waals surface area contributed by atoms with Crippen LogP contribution in [0.2, 0.25) is 0 Å². The summed E-state index contributed by atoms with van der Waals surface area (Å²) in [6.07, 6.45) is 0.674. The minimum Gasteiger partial charge on any atom is -0.361 e. The fraction of sp³-hybridized carbons (Fsp3) is 0.529. The van der Waals surface area contributed by atoms with E-state index in [1.807, 2.05) is 20.8 Å². The van der Waals surface area contributed by atoms with Crippen LogP contribution in [0.3, 0.4) is 0 Å². The lowest BCUT2D eigenvalue weighted by atomic mass is 9.90. The third-order valence-corrected chi connectivity index (χ3v) is 3.63. The highest BCUT2D eigenvalue weighted by atomic mass is 16.5. The first-order valence-electron chi connectivity index (χ1n) is 8.16. The van der Waals surface area contributed by atoms with E-state index in [1.165, 1.54) is 0 Å². The van der Waals surface area contributed by atoms with Crippen molar-refractivity contribution >= 4 is 11.8 Å². The van der Waals surface area contributed by atoms with Crippen LogP contribution in [0.15, 0.2) is 21.2 Å². The molecule has 2 N–H and O–H groups in total. The Hall–Kier alpha value is -2.64. The maximum atomic E-state index is 12.4. The third kappa shape index (κ3) is 5.17. The van der Waals surface area contributed by atoms with E-state index in [0.717, 1.165) is 0 Å². The molecule has 25 heavy (non-hydrogen) atoms. The quantitative estimate of drug-likeness (QED) is 0.794. The van der Waals surface area contributed by atoms with E-state index in [4.69, 9.17) is 9.05 Å². The topological polar surface area (TPSA) is 110 Å². The van der Waals surface area contributed by atoms with Crippen molar-refractivity contribution in [1.29, 1.82) is 0 Å². The molecule has 2 aromatic heterocycles. The Morgan fingerprint density at radius 1 is 1.08 bits per heavy atom. The van der Waals surface area contributed by atoms with Crippen LogP contribution in [-0.4, -0.2) is 34.2 Å². The van der Waals surface area contributed by atoms with Crippen molar-refractivity contribution in [3.05, 3.63) is 35.0 Å². The Balaban J connectivity index is 2.05. The van der Waals surface area contributed by atoms with Crippen LogP contribution in [0.1, 0.15) is 59.7 Å². The Bertz CT molecular complexity index is 749. The largest absolute Gasteiger partial charge is 0.361 e. The summed E-state index contributed by atoms with van der Waals surface area (Å²) < 4.78 is 9.85. The molecule has 2 amide bonds. The summed E-state index contributed by atoms with van der Waals surface area (Å²) in [4.78, 5) is 24.6. The molecular formula is C17H24N4O4. The van der Waals surface area contributed by atoms with Crippen LogP contribution in [-0.2, 0) is 0 Å². The van der Waals surface area contributed by atoms with Crippen molar-refractivity contribution in [3.8, 4) is 0 Å². The maximum Gasteiger partial charge on any atom is 0.273 e. The number of aromatic nitrogens is 2. The number of carbonyl (C=O) groups is 2. The zero-order valence-corrected chi connectivity index (χ0v) is 15.2. The molecule has 2 rings (SSSR count). The molecule has 0 saturated heterocycles. The zero-order chi connectivity index (χ0) is 18.6. The van der Waals surface area contributed by atoms with E-state index in [1.54, 1.807) is 26.0 Å². The van der Waals surface area contributed by atoms with E-state index < -0.39 is 5.54 Å². The van der Waals surface area contributed by atoms with E-state index in [0.29, 0.717) is 23.9 Å². The summed E-state index contributed by atoms with van der Waals surface area (Å²) in [5, 5.41) is 13.2. The van der Waals surface area contributed by atoms with Crippen molar-refractivity contribution in [2.24, 2.45) is 5.92 Å². The predicted octanol–water partition coefficient (Wildman–Crippen LogP) is 2.24. The lowest BCUT2D eigenvalue weighted by molar-refractivity contribution is 0.0851. The van der Waals surface area contributed by atoms with Crippen molar-refractivity contribution in [1.82, 2.24) is 20.9 Å². The number of nitrogens with zero attached hydrogens (tertiary/aromatic N) is 2. The molecule has 2 heterocycles. The van der Waals surface area contributed by atoms with E-state index in [2.05, 4.69) is 20.9 Å². The number of nitrogens with one attached hydrogen (secondary N) is 2. The minimum absolute atomic E-state index is 0.211. The second-order valence-corrected chi connectivity index (χ2v) is 6.94. The van der Waals surface area contributed by atoms with Crippen LogP contribution < -0.4 is 10.6 Å². The number of amides is 2. The molecule has 8 nitrogen and oxygen atoms in total. The van der Waals surface area contributed by atoms with Gasteiger partial charge in [-0.05, 0) is 33.1 Å².